The number of hydrogen-bond acceptors (Lipinski definition) is 7. The number of benzene rings is 2. The Bertz CT molecular complexity index is 1400. The Morgan fingerprint density at radius 2 is 1.51 bits per heavy atom. The van der Waals surface area contributed by atoms with E-state index in [1.165, 1.54) is 6.92 Å². The molecule has 6 rings (SSSR count). The van der Waals surface area contributed by atoms with Crippen LogP contribution in [-0.2, 0) is 46.4 Å². The second-order valence-corrected chi connectivity index (χ2v) is 16.0. The molecular weight excluding hydrogens is 645 g/mol. The Morgan fingerprint density at radius 3 is 2.06 bits per heavy atom. The van der Waals surface area contributed by atoms with Crippen LogP contribution in [0.4, 0.5) is 0 Å². The van der Waals surface area contributed by atoms with Crippen molar-refractivity contribution in [3.05, 3.63) is 71.8 Å². The molecule has 10 nitrogen and oxygen atoms in total. The average molecular weight is 704 g/mol. The number of amides is 3. The fourth-order valence-corrected chi connectivity index (χ4v) is 8.28. The minimum absolute atomic E-state index is 0.0148. The Morgan fingerprint density at radius 1 is 0.902 bits per heavy atom. The van der Waals surface area contributed by atoms with Crippen LogP contribution >= 0.6 is 0 Å². The minimum atomic E-state index is -1.04. The van der Waals surface area contributed by atoms with Crippen LogP contribution in [0.2, 0.25) is 0 Å². The van der Waals surface area contributed by atoms with Crippen molar-refractivity contribution in [1.29, 1.82) is 0 Å². The van der Waals surface area contributed by atoms with Gasteiger partial charge in [-0.25, -0.2) is 0 Å². The van der Waals surface area contributed by atoms with E-state index in [-0.39, 0.29) is 41.6 Å². The van der Waals surface area contributed by atoms with E-state index in [2.05, 4.69) is 50.6 Å². The van der Waals surface area contributed by atoms with Crippen molar-refractivity contribution in [2.24, 2.45) is 29.1 Å². The number of hydrogen-bond donors (Lipinski definition) is 3. The molecule has 3 aliphatic carbocycles. The van der Waals surface area contributed by atoms with Crippen molar-refractivity contribution >= 4 is 24.8 Å². The van der Waals surface area contributed by atoms with Crippen LogP contribution in [0.1, 0.15) is 84.8 Å². The molecule has 11 heteroatoms. The Hall–Kier alpha value is -3.25. The lowest BCUT2D eigenvalue weighted by Crippen LogP contribution is -2.65. The molecular formula is C40H58BN3O7. The van der Waals surface area contributed by atoms with E-state index in [9.17, 15) is 14.4 Å². The van der Waals surface area contributed by atoms with Gasteiger partial charge in [0, 0.05) is 19.4 Å². The van der Waals surface area contributed by atoms with Gasteiger partial charge in [-0.05, 0) is 66.9 Å². The quantitative estimate of drug-likeness (QED) is 0.171. The highest BCUT2D eigenvalue weighted by molar-refractivity contribution is 6.48. The molecule has 0 aromatic heterocycles. The van der Waals surface area contributed by atoms with Crippen molar-refractivity contribution < 1.29 is 33.2 Å². The molecule has 0 spiro atoms. The SMILES string of the molecule is CC(=O)NC(CC(=O)NCCC(COCc1ccccc1)COCc1ccccc1)C(=O)N[C@H](CC(C)C)B1OC2CC3CC(C3(C)C)[C@]2(C)O1. The van der Waals surface area contributed by atoms with Crippen molar-refractivity contribution in [2.75, 3.05) is 19.8 Å². The molecule has 1 aliphatic heterocycles. The molecule has 1 heterocycles. The van der Waals surface area contributed by atoms with Crippen LogP contribution in [0, 0.1) is 29.1 Å². The topological polar surface area (TPSA) is 124 Å². The zero-order valence-corrected chi connectivity index (χ0v) is 31.3. The number of rotatable bonds is 19. The maximum absolute atomic E-state index is 13.7. The Balaban J connectivity index is 1.14. The van der Waals surface area contributed by atoms with Gasteiger partial charge < -0.3 is 34.7 Å². The molecule has 4 fully saturated rings. The van der Waals surface area contributed by atoms with Crippen LogP contribution < -0.4 is 16.0 Å². The van der Waals surface area contributed by atoms with Crippen LogP contribution in [0.15, 0.2) is 60.7 Å². The molecule has 6 atom stereocenters. The lowest BCUT2D eigenvalue weighted by atomic mass is 9.43. The third kappa shape index (κ3) is 10.2. The molecule has 0 radical (unpaired) electrons. The third-order valence-electron chi connectivity index (χ3n) is 11.2. The van der Waals surface area contributed by atoms with Crippen molar-refractivity contribution in [3.63, 3.8) is 0 Å². The lowest BCUT2D eigenvalue weighted by molar-refractivity contribution is -0.199. The van der Waals surface area contributed by atoms with Crippen LogP contribution in [0.25, 0.3) is 0 Å². The highest BCUT2D eigenvalue weighted by atomic mass is 16.7. The molecule has 4 unspecified atom stereocenters. The van der Waals surface area contributed by atoms with Gasteiger partial charge in [0.1, 0.15) is 6.04 Å². The first-order chi connectivity index (χ1) is 24.3. The molecule has 2 aromatic rings. The number of ether oxygens (including phenoxy) is 2. The zero-order chi connectivity index (χ0) is 36.6. The van der Waals surface area contributed by atoms with Crippen LogP contribution in [0.3, 0.4) is 0 Å². The normalized spacial score (nSPS) is 24.4. The van der Waals surface area contributed by atoms with Crippen molar-refractivity contribution in [3.8, 4) is 0 Å². The van der Waals surface area contributed by atoms with Crippen molar-refractivity contribution in [1.82, 2.24) is 16.0 Å². The van der Waals surface area contributed by atoms with Crippen molar-refractivity contribution in [2.45, 2.75) is 111 Å². The van der Waals surface area contributed by atoms with Gasteiger partial charge in [-0.15, -0.1) is 0 Å². The van der Waals surface area contributed by atoms with E-state index < -0.39 is 30.6 Å². The summed E-state index contributed by atoms with van der Waals surface area (Å²) in [5.41, 5.74) is 1.98. The second-order valence-electron chi connectivity index (χ2n) is 16.0. The predicted octanol–water partition coefficient (Wildman–Crippen LogP) is 5.24. The number of carbonyl (C=O) groups excluding carboxylic acids is 3. The van der Waals surface area contributed by atoms with Gasteiger partial charge in [0.25, 0.3) is 0 Å². The van der Waals surface area contributed by atoms with E-state index in [4.69, 9.17) is 18.8 Å². The molecule has 2 bridgehead atoms. The standard InChI is InChI=1S/C40H58BN3O7/c1-27(2)19-36(41-50-35-21-32-20-34(39(32,4)5)40(35,6)51-41)44-38(47)33(43-28(3)45)22-37(46)42-18-17-31(25-48-23-29-13-9-7-10-14-29)26-49-24-30-15-11-8-12-16-30/h7-16,27,31-36H,17-26H2,1-6H3,(H,42,46)(H,43,45)(H,44,47)/t32?,33?,34?,35?,36-,40+/m1/s1. The maximum atomic E-state index is 13.7. The highest BCUT2D eigenvalue weighted by Crippen LogP contribution is 2.65. The molecule has 3 N–H and O–H groups in total. The summed E-state index contributed by atoms with van der Waals surface area (Å²) in [7, 11) is -0.599. The van der Waals surface area contributed by atoms with E-state index >= 15 is 0 Å². The summed E-state index contributed by atoms with van der Waals surface area (Å²) in [5.74, 6) is -0.255. The molecule has 3 saturated carbocycles. The summed E-state index contributed by atoms with van der Waals surface area (Å²) >= 11 is 0. The van der Waals surface area contributed by atoms with E-state index in [0.29, 0.717) is 57.6 Å². The molecule has 278 valence electrons. The van der Waals surface area contributed by atoms with E-state index in [0.717, 1.165) is 24.0 Å². The summed E-state index contributed by atoms with van der Waals surface area (Å²) < 4.78 is 25.3. The van der Waals surface area contributed by atoms with Gasteiger partial charge in [-0.2, -0.15) is 0 Å². The maximum Gasteiger partial charge on any atom is 0.481 e. The lowest BCUT2D eigenvalue weighted by Gasteiger charge is -2.64. The largest absolute Gasteiger partial charge is 0.481 e. The fraction of sp³-hybridized carbons (Fsp3) is 0.625. The summed E-state index contributed by atoms with van der Waals surface area (Å²) in [6, 6.07) is 18.9. The van der Waals surface area contributed by atoms with Gasteiger partial charge in [0.15, 0.2) is 0 Å². The van der Waals surface area contributed by atoms with Gasteiger partial charge in [0.05, 0.1) is 50.5 Å². The van der Waals surface area contributed by atoms with E-state index in [1.807, 2.05) is 60.7 Å². The molecule has 3 amide bonds. The Kier molecular flexibility index (Phi) is 13.4. The molecule has 4 aliphatic rings. The third-order valence-corrected chi connectivity index (χ3v) is 11.2. The second kappa shape index (κ2) is 17.5. The summed E-state index contributed by atoms with van der Waals surface area (Å²) in [6.45, 7) is 14.6. The van der Waals surface area contributed by atoms with Gasteiger partial charge >= 0.3 is 7.12 Å². The first kappa shape index (κ1) is 39.0. The highest BCUT2D eigenvalue weighted by Gasteiger charge is 2.68. The smallest absolute Gasteiger partial charge is 0.404 e. The molecule has 2 aromatic carbocycles. The van der Waals surface area contributed by atoms with E-state index in [1.54, 1.807) is 0 Å². The summed E-state index contributed by atoms with van der Waals surface area (Å²) in [5, 5.41) is 8.76. The number of carbonyl (C=O) groups is 3. The fourth-order valence-electron chi connectivity index (χ4n) is 8.28. The van der Waals surface area contributed by atoms with Crippen LogP contribution in [0.5, 0.6) is 0 Å². The Labute approximate surface area is 304 Å². The zero-order valence-electron chi connectivity index (χ0n) is 31.3. The first-order valence-corrected chi connectivity index (χ1v) is 18.8. The van der Waals surface area contributed by atoms with Gasteiger partial charge in [-0.1, -0.05) is 88.4 Å². The first-order valence-electron chi connectivity index (χ1n) is 18.8. The summed E-state index contributed by atoms with van der Waals surface area (Å²) in [4.78, 5) is 39.1. The van der Waals surface area contributed by atoms with Crippen LogP contribution in [-0.4, -0.2) is 68.3 Å². The number of nitrogens with one attached hydrogen (secondary N) is 3. The molecule has 51 heavy (non-hydrogen) atoms. The summed E-state index contributed by atoms with van der Waals surface area (Å²) in [6.07, 6.45) is 3.14. The molecule has 1 saturated heterocycles. The van der Waals surface area contributed by atoms with Gasteiger partial charge in [-0.3, -0.25) is 14.4 Å². The average Bonchev–Trinajstić information content (AvgIpc) is 3.45. The van der Waals surface area contributed by atoms with Gasteiger partial charge in [0.2, 0.25) is 17.7 Å². The monoisotopic (exact) mass is 703 g/mol. The minimum Gasteiger partial charge on any atom is -0.404 e. The predicted molar refractivity (Wildman–Crippen MR) is 197 cm³/mol.